The average Bonchev–Trinajstić information content (AvgIpc) is 2.28. The van der Waals surface area contributed by atoms with Crippen LogP contribution in [-0.4, -0.2) is 24.2 Å². The Hall–Kier alpha value is -0.250. The number of alkyl halides is 1. The van der Waals surface area contributed by atoms with Crippen LogP contribution in [-0.2, 0) is 4.74 Å². The van der Waals surface area contributed by atoms with Crippen LogP contribution in [0.2, 0.25) is 0 Å². The quantitative estimate of drug-likeness (QED) is 0.791. The Balaban J connectivity index is 1.98. The third-order valence-electron chi connectivity index (χ3n) is 2.65. The summed E-state index contributed by atoms with van der Waals surface area (Å²) in [5.74, 6) is 0.848. The minimum Gasteiger partial charge on any atom is -0.486 e. The van der Waals surface area contributed by atoms with E-state index >= 15 is 0 Å². The molecule has 0 N–H and O–H groups in total. The van der Waals surface area contributed by atoms with Crippen molar-refractivity contribution in [1.29, 1.82) is 0 Å². The molecule has 1 aliphatic carbocycles. The smallest absolute Gasteiger partial charge is 0.134 e. The number of halogens is 2. The normalized spacial score (nSPS) is 28.6. The maximum Gasteiger partial charge on any atom is 0.134 e. The Bertz CT molecular complexity index is 359. The van der Waals surface area contributed by atoms with Gasteiger partial charge in [0.2, 0.25) is 0 Å². The second-order valence-electron chi connectivity index (χ2n) is 3.76. The minimum absolute atomic E-state index is 0.0128. The number of benzene rings is 1. The largest absolute Gasteiger partial charge is 0.486 e. The van der Waals surface area contributed by atoms with Gasteiger partial charge in [-0.3, -0.25) is 0 Å². The molecular formula is C12H14BrClO2. The Morgan fingerprint density at radius 3 is 2.81 bits per heavy atom. The molecule has 0 bridgehead atoms. The predicted octanol–water partition coefficient (Wildman–Crippen LogP) is 3.61. The summed E-state index contributed by atoms with van der Waals surface area (Å²) in [6.07, 6.45) is 0.924. The van der Waals surface area contributed by atoms with Gasteiger partial charge in [0.1, 0.15) is 18.0 Å². The average molecular weight is 306 g/mol. The van der Waals surface area contributed by atoms with Crippen molar-refractivity contribution in [2.75, 3.05) is 6.61 Å². The molecule has 1 aliphatic rings. The third kappa shape index (κ3) is 2.53. The number of hydrogen-bond donors (Lipinski definition) is 0. The molecule has 0 heterocycles. The first-order valence-electron chi connectivity index (χ1n) is 5.39. The lowest BCUT2D eigenvalue weighted by Crippen LogP contribution is -2.52. The maximum absolute atomic E-state index is 6.08. The minimum atomic E-state index is 0.0128. The van der Waals surface area contributed by atoms with E-state index in [1.807, 2.05) is 31.2 Å². The zero-order chi connectivity index (χ0) is 11.5. The first kappa shape index (κ1) is 12.2. The highest BCUT2D eigenvalue weighted by Gasteiger charge is 2.42. The van der Waals surface area contributed by atoms with Gasteiger partial charge in [-0.05, 0) is 35.0 Å². The first-order chi connectivity index (χ1) is 7.72. The highest BCUT2D eigenvalue weighted by atomic mass is 79.9. The van der Waals surface area contributed by atoms with Crippen molar-refractivity contribution in [3.8, 4) is 5.75 Å². The van der Waals surface area contributed by atoms with Gasteiger partial charge in [-0.2, -0.15) is 0 Å². The summed E-state index contributed by atoms with van der Waals surface area (Å²) >= 11 is 9.53. The van der Waals surface area contributed by atoms with Crippen LogP contribution in [0.4, 0.5) is 0 Å². The molecular weight excluding hydrogens is 291 g/mol. The molecule has 16 heavy (non-hydrogen) atoms. The fourth-order valence-electron chi connectivity index (χ4n) is 1.75. The van der Waals surface area contributed by atoms with Crippen molar-refractivity contribution in [2.45, 2.75) is 30.9 Å². The molecule has 2 rings (SSSR count). The highest BCUT2D eigenvalue weighted by Crippen LogP contribution is 2.35. The lowest BCUT2D eigenvalue weighted by molar-refractivity contribution is -0.0762. The summed E-state index contributed by atoms with van der Waals surface area (Å²) < 4.78 is 12.4. The molecule has 0 aromatic heterocycles. The monoisotopic (exact) mass is 304 g/mol. The fraction of sp³-hybridized carbons (Fsp3) is 0.500. The Kier molecular flexibility index (Phi) is 4.11. The Morgan fingerprint density at radius 1 is 1.44 bits per heavy atom. The van der Waals surface area contributed by atoms with Gasteiger partial charge < -0.3 is 9.47 Å². The van der Waals surface area contributed by atoms with Crippen LogP contribution in [0.3, 0.4) is 0 Å². The van der Waals surface area contributed by atoms with E-state index in [1.165, 1.54) is 0 Å². The second kappa shape index (κ2) is 5.39. The van der Waals surface area contributed by atoms with E-state index in [-0.39, 0.29) is 17.6 Å². The number of rotatable bonds is 4. The summed E-state index contributed by atoms with van der Waals surface area (Å²) in [5.41, 5.74) is 0. The van der Waals surface area contributed by atoms with Gasteiger partial charge >= 0.3 is 0 Å². The number of ether oxygens (including phenoxy) is 2. The van der Waals surface area contributed by atoms with Crippen LogP contribution in [0.25, 0.3) is 0 Å². The fourth-order valence-corrected chi connectivity index (χ4v) is 2.54. The van der Waals surface area contributed by atoms with E-state index in [0.29, 0.717) is 6.61 Å². The van der Waals surface area contributed by atoms with Crippen molar-refractivity contribution in [1.82, 2.24) is 0 Å². The molecule has 88 valence electrons. The molecule has 2 nitrogen and oxygen atoms in total. The van der Waals surface area contributed by atoms with Gasteiger partial charge in [0, 0.05) is 13.0 Å². The number of para-hydroxylation sites is 1. The standard InChI is InChI=1S/C12H14BrClO2/c1-2-15-12-9(14)7-11(12)16-10-6-4-3-5-8(10)13/h3-6,9,11-12H,2,7H2,1H3. The Labute approximate surface area is 109 Å². The number of hydrogen-bond acceptors (Lipinski definition) is 2. The highest BCUT2D eigenvalue weighted by molar-refractivity contribution is 9.10. The van der Waals surface area contributed by atoms with Crippen molar-refractivity contribution in [2.24, 2.45) is 0 Å². The van der Waals surface area contributed by atoms with Gasteiger partial charge in [-0.15, -0.1) is 11.6 Å². The zero-order valence-corrected chi connectivity index (χ0v) is 11.4. The zero-order valence-electron chi connectivity index (χ0n) is 9.03. The molecule has 1 saturated carbocycles. The molecule has 4 heteroatoms. The third-order valence-corrected chi connectivity index (χ3v) is 3.74. The van der Waals surface area contributed by atoms with Crippen LogP contribution in [0.1, 0.15) is 13.3 Å². The van der Waals surface area contributed by atoms with Crippen molar-refractivity contribution >= 4 is 27.5 Å². The lowest BCUT2D eigenvalue weighted by atomic mass is 9.91. The van der Waals surface area contributed by atoms with E-state index in [9.17, 15) is 0 Å². The summed E-state index contributed by atoms with van der Waals surface area (Å²) in [6, 6.07) is 7.81. The predicted molar refractivity (Wildman–Crippen MR) is 68.2 cm³/mol. The lowest BCUT2D eigenvalue weighted by Gasteiger charge is -2.40. The molecule has 1 aromatic carbocycles. The van der Waals surface area contributed by atoms with Crippen molar-refractivity contribution in [3.05, 3.63) is 28.7 Å². The van der Waals surface area contributed by atoms with Crippen molar-refractivity contribution < 1.29 is 9.47 Å². The molecule has 0 aliphatic heterocycles. The van der Waals surface area contributed by atoms with E-state index in [4.69, 9.17) is 21.1 Å². The molecule has 3 atom stereocenters. The topological polar surface area (TPSA) is 18.5 Å². The maximum atomic E-state index is 6.08. The van der Waals surface area contributed by atoms with E-state index in [1.54, 1.807) is 0 Å². The van der Waals surface area contributed by atoms with Crippen molar-refractivity contribution in [3.63, 3.8) is 0 Å². The van der Waals surface area contributed by atoms with Crippen LogP contribution < -0.4 is 4.74 Å². The summed E-state index contributed by atoms with van der Waals surface area (Å²) in [6.45, 7) is 2.64. The van der Waals surface area contributed by atoms with Gasteiger partial charge in [-0.1, -0.05) is 12.1 Å². The van der Waals surface area contributed by atoms with E-state index in [0.717, 1.165) is 16.6 Å². The van der Waals surface area contributed by atoms with Gasteiger partial charge in [0.05, 0.1) is 9.85 Å². The molecule has 1 fully saturated rings. The molecule has 3 unspecified atom stereocenters. The molecule has 0 spiro atoms. The van der Waals surface area contributed by atoms with E-state index in [2.05, 4.69) is 15.9 Å². The summed E-state index contributed by atoms with van der Waals surface area (Å²) in [5, 5.41) is 0.0763. The SMILES string of the molecule is CCOC1C(Cl)CC1Oc1ccccc1Br. The molecule has 0 amide bonds. The molecule has 0 saturated heterocycles. The van der Waals surface area contributed by atoms with Gasteiger partial charge in [0.25, 0.3) is 0 Å². The van der Waals surface area contributed by atoms with Crippen LogP contribution >= 0.6 is 27.5 Å². The molecule has 1 aromatic rings. The molecule has 0 radical (unpaired) electrons. The second-order valence-corrected chi connectivity index (χ2v) is 5.17. The van der Waals surface area contributed by atoms with Gasteiger partial charge in [0.15, 0.2) is 0 Å². The van der Waals surface area contributed by atoms with E-state index < -0.39 is 0 Å². The van der Waals surface area contributed by atoms with Crippen LogP contribution in [0.15, 0.2) is 28.7 Å². The first-order valence-corrected chi connectivity index (χ1v) is 6.62. The Morgan fingerprint density at radius 2 is 2.19 bits per heavy atom. The summed E-state index contributed by atoms with van der Waals surface area (Å²) in [7, 11) is 0. The summed E-state index contributed by atoms with van der Waals surface area (Å²) in [4.78, 5) is 0. The van der Waals surface area contributed by atoms with Crippen LogP contribution in [0.5, 0.6) is 5.75 Å². The van der Waals surface area contributed by atoms with Crippen LogP contribution in [0, 0.1) is 0 Å². The van der Waals surface area contributed by atoms with Gasteiger partial charge in [-0.25, -0.2) is 0 Å².